The number of benzene rings is 1. The molecule has 0 radical (unpaired) electrons. The van der Waals surface area contributed by atoms with E-state index in [1.807, 2.05) is 32.9 Å². The standard InChI is InChI=1S/C30H34ClN7O4/c1-30(2,3)42-29(41)38-11-9-37(10-12-38)28(40)19-6-4-5-18(14-19)26-35-24-23(20(31)15-33-27(24)36-26)34-22-17-8-7-16(13-17)21(22)25(32)39/h4-8,14-17,21-22H,9-13H2,1-3H3,(H2,32,39)(H2,33,34,35,36)/t16-,17+,21+,22-/m1/s1. The van der Waals surface area contributed by atoms with E-state index in [1.54, 1.807) is 21.9 Å². The minimum Gasteiger partial charge on any atom is -0.444 e. The average molecular weight is 592 g/mol. The first-order valence-electron chi connectivity index (χ1n) is 14.1. The topological polar surface area (TPSA) is 147 Å². The van der Waals surface area contributed by atoms with Crippen LogP contribution in [0.15, 0.2) is 42.6 Å². The minimum absolute atomic E-state index is 0.123. The quantitative estimate of drug-likeness (QED) is 0.379. The van der Waals surface area contributed by atoms with Crippen molar-refractivity contribution < 1.29 is 19.1 Å². The Kier molecular flexibility index (Phi) is 7.08. The average Bonchev–Trinajstić information content (AvgIpc) is 3.68. The van der Waals surface area contributed by atoms with Crippen molar-refractivity contribution in [1.29, 1.82) is 0 Å². The molecule has 2 bridgehead atoms. The van der Waals surface area contributed by atoms with E-state index < -0.39 is 5.60 Å². The highest BCUT2D eigenvalue weighted by atomic mass is 35.5. The lowest BCUT2D eigenvalue weighted by atomic mass is 9.88. The van der Waals surface area contributed by atoms with Gasteiger partial charge in [-0.05, 0) is 51.2 Å². The summed E-state index contributed by atoms with van der Waals surface area (Å²) in [4.78, 5) is 53.8. The molecule has 220 valence electrons. The number of nitrogens with zero attached hydrogens (tertiary/aromatic N) is 4. The van der Waals surface area contributed by atoms with Gasteiger partial charge in [-0.1, -0.05) is 35.9 Å². The Morgan fingerprint density at radius 1 is 1.10 bits per heavy atom. The van der Waals surface area contributed by atoms with Crippen LogP contribution in [-0.2, 0) is 9.53 Å². The molecular weight excluding hydrogens is 558 g/mol. The lowest BCUT2D eigenvalue weighted by molar-refractivity contribution is -0.122. The summed E-state index contributed by atoms with van der Waals surface area (Å²) < 4.78 is 5.46. The van der Waals surface area contributed by atoms with Gasteiger partial charge in [-0.25, -0.2) is 14.8 Å². The number of amides is 3. The summed E-state index contributed by atoms with van der Waals surface area (Å²) in [6.07, 6.45) is 6.25. The van der Waals surface area contributed by atoms with Crippen LogP contribution in [0.3, 0.4) is 0 Å². The number of imidazole rings is 1. The number of rotatable bonds is 5. The summed E-state index contributed by atoms with van der Waals surface area (Å²) >= 11 is 6.59. The van der Waals surface area contributed by atoms with E-state index in [2.05, 4.69) is 32.4 Å². The highest BCUT2D eigenvalue weighted by Gasteiger charge is 2.47. The lowest BCUT2D eigenvalue weighted by Gasteiger charge is -2.35. The zero-order valence-corrected chi connectivity index (χ0v) is 24.5. The number of nitrogens with two attached hydrogens (primary N) is 1. The van der Waals surface area contributed by atoms with E-state index in [1.165, 1.54) is 6.20 Å². The van der Waals surface area contributed by atoms with Gasteiger partial charge in [-0.15, -0.1) is 0 Å². The molecule has 6 rings (SSSR count). The number of allylic oxidation sites excluding steroid dienone is 1. The maximum absolute atomic E-state index is 13.4. The van der Waals surface area contributed by atoms with Gasteiger partial charge in [0.1, 0.15) is 16.9 Å². The zero-order valence-electron chi connectivity index (χ0n) is 23.8. The van der Waals surface area contributed by atoms with Gasteiger partial charge < -0.3 is 30.6 Å². The second-order valence-corrected chi connectivity index (χ2v) is 12.6. The number of fused-ring (bicyclic) bond motifs is 3. The maximum atomic E-state index is 13.4. The number of piperazine rings is 1. The summed E-state index contributed by atoms with van der Waals surface area (Å²) in [7, 11) is 0. The molecule has 12 heteroatoms. The van der Waals surface area contributed by atoms with Crippen LogP contribution in [0.1, 0.15) is 37.6 Å². The number of aromatic nitrogens is 3. The predicted octanol–water partition coefficient (Wildman–Crippen LogP) is 4.06. The van der Waals surface area contributed by atoms with Crippen LogP contribution >= 0.6 is 11.6 Å². The van der Waals surface area contributed by atoms with E-state index in [0.717, 1.165) is 6.42 Å². The SMILES string of the molecule is CC(C)(C)OC(=O)N1CCN(C(=O)c2cccc(-c3nc4ncc(Cl)c(N[C@H]5[C@@H](C(N)=O)[C@@H]6C=C[C@H]5C6)c4[nH]3)c2)CC1. The number of halogens is 1. The molecule has 2 fully saturated rings. The molecule has 3 aromatic rings. The first-order chi connectivity index (χ1) is 20.0. The van der Waals surface area contributed by atoms with Crippen LogP contribution < -0.4 is 11.1 Å². The van der Waals surface area contributed by atoms with Gasteiger partial charge in [0, 0.05) is 43.3 Å². The molecule has 1 aliphatic heterocycles. The predicted molar refractivity (Wildman–Crippen MR) is 159 cm³/mol. The fourth-order valence-corrected chi connectivity index (χ4v) is 6.38. The summed E-state index contributed by atoms with van der Waals surface area (Å²) in [6, 6.07) is 7.06. The monoisotopic (exact) mass is 591 g/mol. The van der Waals surface area contributed by atoms with Crippen molar-refractivity contribution in [3.8, 4) is 11.4 Å². The van der Waals surface area contributed by atoms with Gasteiger partial charge in [0.25, 0.3) is 5.91 Å². The van der Waals surface area contributed by atoms with Gasteiger partial charge in [-0.3, -0.25) is 9.59 Å². The van der Waals surface area contributed by atoms with Gasteiger partial charge in [0.05, 0.1) is 22.8 Å². The number of primary amides is 1. The highest BCUT2D eigenvalue weighted by Crippen LogP contribution is 2.46. The molecule has 2 aliphatic carbocycles. The largest absolute Gasteiger partial charge is 0.444 e. The molecule has 4 N–H and O–H groups in total. The summed E-state index contributed by atoms with van der Waals surface area (Å²) in [5.41, 5.74) is 8.11. The van der Waals surface area contributed by atoms with E-state index in [9.17, 15) is 14.4 Å². The fraction of sp³-hybridized carbons (Fsp3) is 0.433. The van der Waals surface area contributed by atoms with E-state index in [4.69, 9.17) is 22.1 Å². The number of pyridine rings is 1. The maximum Gasteiger partial charge on any atom is 0.410 e. The fourth-order valence-electron chi connectivity index (χ4n) is 6.19. The van der Waals surface area contributed by atoms with Crippen LogP contribution in [0.5, 0.6) is 0 Å². The third-order valence-corrected chi connectivity index (χ3v) is 8.46. The molecule has 42 heavy (non-hydrogen) atoms. The molecular formula is C30H34ClN7O4. The van der Waals surface area contributed by atoms with E-state index >= 15 is 0 Å². The number of carbonyl (C=O) groups is 3. The lowest BCUT2D eigenvalue weighted by Crippen LogP contribution is -2.51. The van der Waals surface area contributed by atoms with Gasteiger partial charge in [0.2, 0.25) is 5.91 Å². The van der Waals surface area contributed by atoms with Crippen LogP contribution in [0, 0.1) is 17.8 Å². The molecule has 11 nitrogen and oxygen atoms in total. The Balaban J connectivity index is 1.20. The van der Waals surface area contributed by atoms with Crippen molar-refractivity contribution >= 4 is 46.4 Å². The Morgan fingerprint density at radius 2 is 1.81 bits per heavy atom. The van der Waals surface area contributed by atoms with Gasteiger partial charge in [-0.2, -0.15) is 0 Å². The second kappa shape index (κ2) is 10.6. The molecule has 2 aromatic heterocycles. The Morgan fingerprint density at radius 3 is 2.52 bits per heavy atom. The van der Waals surface area contributed by atoms with E-state index in [-0.39, 0.29) is 41.7 Å². The number of hydrogen-bond acceptors (Lipinski definition) is 7. The number of hydrogen-bond donors (Lipinski definition) is 3. The first kappa shape index (κ1) is 28.0. The third kappa shape index (κ3) is 5.29. The third-order valence-electron chi connectivity index (χ3n) is 8.17. The van der Waals surface area contributed by atoms with Crippen molar-refractivity contribution in [3.63, 3.8) is 0 Å². The summed E-state index contributed by atoms with van der Waals surface area (Å²) in [5.74, 6) is 0.0645. The Labute approximate surface area is 248 Å². The summed E-state index contributed by atoms with van der Waals surface area (Å²) in [5, 5.41) is 3.89. The zero-order chi connectivity index (χ0) is 29.8. The molecule has 0 spiro atoms. The molecule has 1 aromatic carbocycles. The number of aromatic amines is 1. The molecule has 3 amide bonds. The van der Waals surface area contributed by atoms with Crippen molar-refractivity contribution in [2.24, 2.45) is 23.5 Å². The number of H-pyrrole nitrogens is 1. The Bertz CT molecular complexity index is 1590. The van der Waals surface area contributed by atoms with Crippen LogP contribution in [0.4, 0.5) is 10.5 Å². The molecule has 0 unspecified atom stereocenters. The number of nitrogens with one attached hydrogen (secondary N) is 2. The summed E-state index contributed by atoms with van der Waals surface area (Å²) in [6.45, 7) is 7.12. The van der Waals surface area contributed by atoms with Crippen LogP contribution in [-0.4, -0.2) is 80.5 Å². The van der Waals surface area contributed by atoms with Crippen molar-refractivity contribution in [3.05, 3.63) is 53.2 Å². The first-order valence-corrected chi connectivity index (χ1v) is 14.5. The van der Waals surface area contributed by atoms with Crippen molar-refractivity contribution in [2.75, 3.05) is 31.5 Å². The molecule has 1 saturated heterocycles. The number of anilines is 1. The molecule has 1 saturated carbocycles. The van der Waals surface area contributed by atoms with Crippen molar-refractivity contribution in [2.45, 2.75) is 38.8 Å². The number of carbonyl (C=O) groups excluding carboxylic acids is 3. The van der Waals surface area contributed by atoms with Gasteiger partial charge in [0.15, 0.2) is 5.65 Å². The van der Waals surface area contributed by atoms with Crippen LogP contribution in [0.25, 0.3) is 22.6 Å². The van der Waals surface area contributed by atoms with Crippen LogP contribution in [0.2, 0.25) is 5.02 Å². The van der Waals surface area contributed by atoms with Crippen molar-refractivity contribution in [1.82, 2.24) is 24.8 Å². The minimum atomic E-state index is -0.571. The molecule has 3 heterocycles. The second-order valence-electron chi connectivity index (χ2n) is 12.2. The molecule has 4 atom stereocenters. The molecule has 3 aliphatic rings. The Hall–Kier alpha value is -4.12. The highest BCUT2D eigenvalue weighted by molar-refractivity contribution is 6.34. The normalized spacial score (nSPS) is 23.4. The smallest absolute Gasteiger partial charge is 0.410 e. The van der Waals surface area contributed by atoms with E-state index in [0.29, 0.717) is 65.0 Å². The van der Waals surface area contributed by atoms with Gasteiger partial charge >= 0.3 is 6.09 Å². The number of ether oxygens (including phenoxy) is 1.